The predicted molar refractivity (Wildman–Crippen MR) is 187 cm³/mol. The van der Waals surface area contributed by atoms with Crippen LogP contribution in [0.1, 0.15) is 58.1 Å². The van der Waals surface area contributed by atoms with E-state index in [0.717, 1.165) is 5.56 Å². The number of para-hydroxylation sites is 1. The maximum atomic E-state index is 8.25. The largest absolute Gasteiger partial charge is 0.501 e. The average molecular weight is 790 g/mol. The van der Waals surface area contributed by atoms with Crippen molar-refractivity contribution >= 4 is 21.9 Å². The minimum absolute atomic E-state index is 0. The van der Waals surface area contributed by atoms with Crippen LogP contribution in [0.2, 0.25) is 0 Å². The number of nitrogens with zero attached hydrogens (tertiary/aromatic N) is 2. The molecular weight excluding hydrogens is 741 g/mol. The molecule has 46 heavy (non-hydrogen) atoms. The number of fused-ring (bicyclic) bond motifs is 3. The summed E-state index contributed by atoms with van der Waals surface area (Å²) in [7, 11) is 0. The van der Waals surface area contributed by atoms with Gasteiger partial charge in [-0.2, -0.15) is 0 Å². The van der Waals surface area contributed by atoms with Gasteiger partial charge in [0.05, 0.1) is 5.58 Å². The van der Waals surface area contributed by atoms with Crippen molar-refractivity contribution in [2.45, 2.75) is 47.7 Å². The van der Waals surface area contributed by atoms with Crippen molar-refractivity contribution < 1.29 is 39.6 Å². The molecular formula is C42H38IrN2O-2. The molecule has 3 heterocycles. The van der Waals surface area contributed by atoms with Gasteiger partial charge in [0.15, 0.2) is 0 Å². The molecule has 0 amide bonds. The summed E-state index contributed by atoms with van der Waals surface area (Å²) in [6.07, 6.45) is 1.39. The molecule has 0 unspecified atom stereocenters. The summed E-state index contributed by atoms with van der Waals surface area (Å²) in [5.41, 5.74) is 4.93. The Morgan fingerprint density at radius 1 is 0.783 bits per heavy atom. The summed E-state index contributed by atoms with van der Waals surface area (Å²) in [5.74, 6) is 0. The van der Waals surface area contributed by atoms with Crippen LogP contribution in [-0.4, -0.2) is 9.97 Å². The van der Waals surface area contributed by atoms with E-state index >= 15 is 0 Å². The summed E-state index contributed by atoms with van der Waals surface area (Å²) >= 11 is 0. The normalized spacial score (nSPS) is 15.8. The summed E-state index contributed by atoms with van der Waals surface area (Å²) in [6, 6.07) is 33.7. The molecule has 1 radical (unpaired) electrons. The van der Waals surface area contributed by atoms with Gasteiger partial charge in [0.1, 0.15) is 5.58 Å². The average Bonchev–Trinajstić information content (AvgIpc) is 3.53. The molecule has 0 fully saturated rings. The molecule has 0 N–H and O–H groups in total. The Labute approximate surface area is 301 Å². The monoisotopic (exact) mass is 790 g/mol. The van der Waals surface area contributed by atoms with E-state index in [1.165, 1.54) is 24.5 Å². The zero-order valence-electron chi connectivity index (χ0n) is 36.5. The van der Waals surface area contributed by atoms with Crippen LogP contribution in [-0.2, 0) is 26.5 Å². The molecule has 3 nitrogen and oxygen atoms in total. The van der Waals surface area contributed by atoms with Crippen molar-refractivity contribution in [3.05, 3.63) is 144 Å². The van der Waals surface area contributed by atoms with Crippen LogP contribution < -0.4 is 0 Å². The van der Waals surface area contributed by atoms with Crippen LogP contribution >= 0.6 is 0 Å². The van der Waals surface area contributed by atoms with E-state index in [9.17, 15) is 0 Å². The molecule has 7 rings (SSSR count). The number of furan rings is 1. The molecule has 0 aliphatic heterocycles. The molecule has 3 aromatic heterocycles. The Kier molecular flexibility index (Phi) is 6.50. The molecule has 0 saturated carbocycles. The summed E-state index contributed by atoms with van der Waals surface area (Å²) in [5, 5.41) is 1.18. The fourth-order valence-corrected chi connectivity index (χ4v) is 5.05. The van der Waals surface area contributed by atoms with Gasteiger partial charge in [-0.3, -0.25) is 0 Å². The first-order valence-corrected chi connectivity index (χ1v) is 14.5. The molecule has 0 spiro atoms. The number of benzene rings is 4. The fraction of sp³-hybridized carbons (Fsp3) is 0.190. The summed E-state index contributed by atoms with van der Waals surface area (Å²) < 4.78 is 92.4. The third-order valence-corrected chi connectivity index (χ3v) is 7.07. The zero-order chi connectivity index (χ0) is 40.8. The fourth-order valence-electron chi connectivity index (χ4n) is 5.05. The minimum Gasteiger partial charge on any atom is -0.501 e. The number of rotatable bonds is 4. The predicted octanol–water partition coefficient (Wildman–Crippen LogP) is 11.2. The second-order valence-electron chi connectivity index (χ2n) is 11.7. The number of aromatic nitrogens is 2. The van der Waals surface area contributed by atoms with Crippen molar-refractivity contribution in [1.29, 1.82) is 0 Å². The van der Waals surface area contributed by atoms with Crippen molar-refractivity contribution in [2.24, 2.45) is 5.41 Å². The van der Waals surface area contributed by atoms with E-state index in [1.54, 1.807) is 36.4 Å². The Bertz CT molecular complexity index is 2480. The van der Waals surface area contributed by atoms with Crippen LogP contribution in [0.15, 0.2) is 114 Å². The van der Waals surface area contributed by atoms with Crippen molar-refractivity contribution in [1.82, 2.24) is 9.97 Å². The van der Waals surface area contributed by atoms with E-state index in [-0.39, 0.29) is 36.8 Å². The summed E-state index contributed by atoms with van der Waals surface area (Å²) in [6.45, 7) is -1.30. The minimum atomic E-state index is -2.35. The van der Waals surface area contributed by atoms with E-state index in [1.807, 2.05) is 69.3 Å². The number of aryl methyl sites for hydroxylation is 3. The molecule has 7 aromatic rings. The van der Waals surface area contributed by atoms with Gasteiger partial charge in [-0.1, -0.05) is 112 Å². The zero-order valence-corrected chi connectivity index (χ0v) is 27.9. The first-order chi connectivity index (χ1) is 26.1. The van der Waals surface area contributed by atoms with E-state index in [4.69, 9.17) is 19.5 Å². The second-order valence-corrected chi connectivity index (χ2v) is 11.7. The smallest absolute Gasteiger partial charge is 0.120 e. The quantitative estimate of drug-likeness (QED) is 0.167. The van der Waals surface area contributed by atoms with Crippen LogP contribution in [0, 0.1) is 38.1 Å². The SMILES string of the molecule is [2H]C([2H])([2H])c1c[c-]c(-c2ccc(C([2H])([2H])C(C)(C)C)cn2)cc1.[2H]C([2H])([2H])c1cnc(-c2[c-]cc(C([2H])([2H])[2H])c3c2oc2ccccc23)cc1-c1ccccc1.[Ir]. The number of hydrogen-bond donors (Lipinski definition) is 0. The number of pyridine rings is 2. The van der Waals surface area contributed by atoms with Crippen molar-refractivity contribution in [3.8, 4) is 33.6 Å². The van der Waals surface area contributed by atoms with Crippen LogP contribution in [0.5, 0.6) is 0 Å². The molecule has 4 heteroatoms. The Hall–Kier alpha value is -4.37. The van der Waals surface area contributed by atoms with Gasteiger partial charge in [0, 0.05) is 53.0 Å². The van der Waals surface area contributed by atoms with Gasteiger partial charge in [-0.05, 0) is 58.3 Å². The van der Waals surface area contributed by atoms with Crippen LogP contribution in [0.25, 0.3) is 55.6 Å². The molecule has 0 bridgehead atoms. The second kappa shape index (κ2) is 14.0. The maximum Gasteiger partial charge on any atom is 0.120 e. The molecule has 0 aliphatic carbocycles. The first kappa shape index (κ1) is 21.4. The van der Waals surface area contributed by atoms with E-state index in [2.05, 4.69) is 22.1 Å². The third-order valence-electron chi connectivity index (χ3n) is 7.07. The third kappa shape index (κ3) is 7.36. The van der Waals surface area contributed by atoms with Crippen LogP contribution in [0.3, 0.4) is 0 Å². The van der Waals surface area contributed by atoms with Crippen LogP contribution in [0.4, 0.5) is 0 Å². The van der Waals surface area contributed by atoms with E-state index in [0.29, 0.717) is 55.6 Å². The molecule has 0 aliphatic rings. The van der Waals surface area contributed by atoms with Crippen molar-refractivity contribution in [3.63, 3.8) is 0 Å². The topological polar surface area (TPSA) is 38.9 Å². The number of hydrogen-bond acceptors (Lipinski definition) is 3. The maximum absolute atomic E-state index is 8.25. The van der Waals surface area contributed by atoms with Crippen molar-refractivity contribution in [2.75, 3.05) is 0 Å². The molecule has 4 aromatic carbocycles. The molecule has 233 valence electrons. The molecule has 0 saturated heterocycles. The van der Waals surface area contributed by atoms with Gasteiger partial charge in [-0.25, -0.2) is 0 Å². The molecule has 0 atom stereocenters. The Balaban J connectivity index is 0.000000229. The Morgan fingerprint density at radius 2 is 1.57 bits per heavy atom. The van der Waals surface area contributed by atoms with Gasteiger partial charge in [0.25, 0.3) is 0 Å². The summed E-state index contributed by atoms with van der Waals surface area (Å²) in [4.78, 5) is 8.73. The van der Waals surface area contributed by atoms with Gasteiger partial charge < -0.3 is 14.4 Å². The van der Waals surface area contributed by atoms with Gasteiger partial charge in [0.2, 0.25) is 0 Å². The van der Waals surface area contributed by atoms with E-state index < -0.39 is 32.3 Å². The Morgan fingerprint density at radius 3 is 2.26 bits per heavy atom. The van der Waals surface area contributed by atoms with Gasteiger partial charge in [-0.15, -0.1) is 53.1 Å². The first-order valence-electron chi connectivity index (χ1n) is 20.0. The standard InChI is InChI=1S/C25H18NO.C17H20N.Ir/c1-16-12-13-19(25-24(16)20-10-6-7-11-23(20)27-25)22-14-21(17(2)15-26-22)18-8-4-3-5-9-18;1-13-5-8-15(9-6-13)16-10-7-14(12-18-16)11-17(2,3)4;/h3-12,14-15H,1-2H3;5-8,10,12H,11H2,1-4H3;/q2*-1;/i1D3,2D3;1D3,11D2;. The van der Waals surface area contributed by atoms with Gasteiger partial charge >= 0.3 is 0 Å².